The second-order valence-corrected chi connectivity index (χ2v) is 6.49. The molecule has 0 saturated carbocycles. The molecule has 1 heterocycles. The molecule has 1 aliphatic rings. The van der Waals surface area contributed by atoms with E-state index in [2.05, 4.69) is 5.32 Å². The molecule has 1 saturated heterocycles. The van der Waals surface area contributed by atoms with Gasteiger partial charge in [-0.2, -0.15) is 4.31 Å². The summed E-state index contributed by atoms with van der Waals surface area (Å²) in [7, 11) is -3.66. The fourth-order valence-corrected chi connectivity index (χ4v) is 3.71. The highest BCUT2D eigenvalue weighted by Crippen LogP contribution is 2.22. The van der Waals surface area contributed by atoms with Crippen LogP contribution >= 0.6 is 24.0 Å². The Morgan fingerprint density at radius 3 is 2.63 bits per heavy atom. The Kier molecular flexibility index (Phi) is 6.01. The van der Waals surface area contributed by atoms with Crippen LogP contribution in [0.5, 0.6) is 0 Å². The first-order chi connectivity index (χ1) is 8.50. The van der Waals surface area contributed by atoms with Crippen LogP contribution in [0, 0.1) is 5.82 Å². The molecule has 2 rings (SSSR count). The smallest absolute Gasteiger partial charge is 0.243 e. The van der Waals surface area contributed by atoms with Crippen molar-refractivity contribution in [2.24, 2.45) is 0 Å². The van der Waals surface area contributed by atoms with E-state index in [1.807, 2.05) is 0 Å². The van der Waals surface area contributed by atoms with Crippen LogP contribution in [0.1, 0.15) is 6.42 Å². The summed E-state index contributed by atoms with van der Waals surface area (Å²) in [6.07, 6.45) is 0.738. The third-order valence-electron chi connectivity index (χ3n) is 2.77. The molecule has 1 aromatic rings. The zero-order valence-corrected chi connectivity index (χ0v) is 12.5. The first kappa shape index (κ1) is 16.7. The van der Waals surface area contributed by atoms with Crippen LogP contribution in [0.15, 0.2) is 23.1 Å². The van der Waals surface area contributed by atoms with Crippen LogP contribution < -0.4 is 5.32 Å². The van der Waals surface area contributed by atoms with Crippen LogP contribution in [-0.4, -0.2) is 38.9 Å². The van der Waals surface area contributed by atoms with E-state index in [-0.39, 0.29) is 22.3 Å². The van der Waals surface area contributed by atoms with Crippen molar-refractivity contribution < 1.29 is 12.8 Å². The third kappa shape index (κ3) is 4.03. The van der Waals surface area contributed by atoms with Crippen molar-refractivity contribution in [3.05, 3.63) is 29.0 Å². The van der Waals surface area contributed by atoms with Crippen molar-refractivity contribution in [3.8, 4) is 0 Å². The average molecular weight is 329 g/mol. The maximum absolute atomic E-state index is 13.2. The van der Waals surface area contributed by atoms with Gasteiger partial charge in [-0.3, -0.25) is 0 Å². The summed E-state index contributed by atoms with van der Waals surface area (Å²) in [6, 6.07) is 3.36. The SMILES string of the molecule is Cl.O=S(=O)(c1cc(F)cc(Cl)c1)N1CCCNCC1. The Bertz CT molecular complexity index is 511. The molecular weight excluding hydrogens is 314 g/mol. The van der Waals surface area contributed by atoms with E-state index in [0.717, 1.165) is 25.1 Å². The van der Waals surface area contributed by atoms with E-state index in [0.29, 0.717) is 19.6 Å². The van der Waals surface area contributed by atoms with Gasteiger partial charge in [0.2, 0.25) is 10.0 Å². The Morgan fingerprint density at radius 1 is 1.21 bits per heavy atom. The lowest BCUT2D eigenvalue weighted by atomic mass is 10.3. The summed E-state index contributed by atoms with van der Waals surface area (Å²) in [5.74, 6) is -0.644. The van der Waals surface area contributed by atoms with Crippen molar-refractivity contribution in [2.75, 3.05) is 26.2 Å². The molecular formula is C11H15Cl2FN2O2S. The summed E-state index contributed by atoms with van der Waals surface area (Å²) in [5, 5.41) is 3.20. The predicted molar refractivity (Wildman–Crippen MR) is 74.9 cm³/mol. The molecule has 0 radical (unpaired) electrons. The van der Waals surface area contributed by atoms with E-state index < -0.39 is 15.8 Å². The number of rotatable bonds is 2. The first-order valence-electron chi connectivity index (χ1n) is 5.67. The number of sulfonamides is 1. The van der Waals surface area contributed by atoms with Gasteiger partial charge in [0.05, 0.1) is 4.90 Å². The molecule has 0 amide bonds. The Balaban J connectivity index is 0.00000180. The number of benzene rings is 1. The number of hydrogen-bond donors (Lipinski definition) is 1. The molecule has 0 aliphatic carbocycles. The molecule has 0 spiro atoms. The molecule has 0 atom stereocenters. The van der Waals surface area contributed by atoms with Crippen LogP contribution in [-0.2, 0) is 10.0 Å². The average Bonchev–Trinajstić information content (AvgIpc) is 2.56. The molecule has 108 valence electrons. The van der Waals surface area contributed by atoms with E-state index in [9.17, 15) is 12.8 Å². The number of halogens is 3. The zero-order valence-electron chi connectivity index (χ0n) is 10.1. The number of nitrogens with zero attached hydrogens (tertiary/aromatic N) is 1. The van der Waals surface area contributed by atoms with E-state index in [1.54, 1.807) is 0 Å². The summed E-state index contributed by atoms with van der Waals surface area (Å²) in [4.78, 5) is -0.0885. The lowest BCUT2D eigenvalue weighted by molar-refractivity contribution is 0.431. The van der Waals surface area contributed by atoms with Gasteiger partial charge in [0, 0.05) is 24.7 Å². The van der Waals surface area contributed by atoms with Crippen LogP contribution in [0.25, 0.3) is 0 Å². The topological polar surface area (TPSA) is 49.4 Å². The summed E-state index contributed by atoms with van der Waals surface area (Å²) in [6.45, 7) is 2.21. The summed E-state index contributed by atoms with van der Waals surface area (Å²) < 4.78 is 39.2. The van der Waals surface area contributed by atoms with Gasteiger partial charge in [-0.1, -0.05) is 11.6 Å². The number of nitrogens with one attached hydrogen (secondary N) is 1. The summed E-state index contributed by atoms with van der Waals surface area (Å²) in [5.41, 5.74) is 0. The largest absolute Gasteiger partial charge is 0.315 e. The van der Waals surface area contributed by atoms with Gasteiger partial charge in [0.25, 0.3) is 0 Å². The highest BCUT2D eigenvalue weighted by Gasteiger charge is 2.25. The lowest BCUT2D eigenvalue weighted by Gasteiger charge is -2.19. The fourth-order valence-electron chi connectivity index (χ4n) is 1.89. The third-order valence-corrected chi connectivity index (χ3v) is 4.87. The molecule has 19 heavy (non-hydrogen) atoms. The maximum atomic E-state index is 13.2. The standard InChI is InChI=1S/C11H14ClFN2O2S.ClH/c12-9-6-10(13)8-11(7-9)18(16,17)15-4-1-2-14-3-5-15;/h6-8,14H,1-5H2;1H. The quantitative estimate of drug-likeness (QED) is 0.901. The van der Waals surface area contributed by atoms with E-state index >= 15 is 0 Å². The van der Waals surface area contributed by atoms with Gasteiger partial charge in [-0.25, -0.2) is 12.8 Å². The predicted octanol–water partition coefficient (Wildman–Crippen LogP) is 1.88. The van der Waals surface area contributed by atoms with Gasteiger partial charge in [-0.15, -0.1) is 12.4 Å². The molecule has 1 aliphatic heterocycles. The lowest BCUT2D eigenvalue weighted by Crippen LogP contribution is -2.34. The van der Waals surface area contributed by atoms with E-state index in [4.69, 9.17) is 11.6 Å². The van der Waals surface area contributed by atoms with Crippen molar-refractivity contribution in [3.63, 3.8) is 0 Å². The highest BCUT2D eigenvalue weighted by atomic mass is 35.5. The van der Waals surface area contributed by atoms with Gasteiger partial charge in [-0.05, 0) is 31.2 Å². The van der Waals surface area contributed by atoms with Gasteiger partial charge < -0.3 is 5.32 Å². The molecule has 4 nitrogen and oxygen atoms in total. The Morgan fingerprint density at radius 2 is 1.95 bits per heavy atom. The van der Waals surface area contributed by atoms with Crippen LogP contribution in [0.2, 0.25) is 5.02 Å². The normalized spacial score (nSPS) is 17.6. The Hall–Kier alpha value is -0.400. The molecule has 1 N–H and O–H groups in total. The molecule has 0 unspecified atom stereocenters. The minimum atomic E-state index is -3.66. The van der Waals surface area contributed by atoms with Crippen molar-refractivity contribution in [2.45, 2.75) is 11.3 Å². The van der Waals surface area contributed by atoms with Crippen LogP contribution in [0.3, 0.4) is 0 Å². The van der Waals surface area contributed by atoms with Crippen molar-refractivity contribution in [1.82, 2.24) is 9.62 Å². The second kappa shape index (κ2) is 6.85. The van der Waals surface area contributed by atoms with E-state index in [1.165, 1.54) is 10.4 Å². The highest BCUT2D eigenvalue weighted by molar-refractivity contribution is 7.89. The monoisotopic (exact) mass is 328 g/mol. The van der Waals surface area contributed by atoms with Crippen molar-refractivity contribution in [1.29, 1.82) is 0 Å². The molecule has 0 aromatic heterocycles. The first-order valence-corrected chi connectivity index (χ1v) is 7.49. The van der Waals surface area contributed by atoms with Gasteiger partial charge in [0.15, 0.2) is 0 Å². The minimum Gasteiger partial charge on any atom is -0.315 e. The molecule has 1 fully saturated rings. The Labute approximate surface area is 123 Å². The molecule has 8 heteroatoms. The maximum Gasteiger partial charge on any atom is 0.243 e. The molecule has 0 bridgehead atoms. The minimum absolute atomic E-state index is 0. The summed E-state index contributed by atoms with van der Waals surface area (Å²) >= 11 is 5.69. The second-order valence-electron chi connectivity index (χ2n) is 4.11. The fraction of sp³-hybridized carbons (Fsp3) is 0.455. The zero-order chi connectivity index (χ0) is 13.2. The van der Waals surface area contributed by atoms with Crippen molar-refractivity contribution >= 4 is 34.0 Å². The van der Waals surface area contributed by atoms with Gasteiger partial charge >= 0.3 is 0 Å². The van der Waals surface area contributed by atoms with Gasteiger partial charge in [0.1, 0.15) is 5.82 Å². The molecule has 1 aromatic carbocycles. The number of hydrogen-bond acceptors (Lipinski definition) is 3. The van der Waals surface area contributed by atoms with Crippen LogP contribution in [0.4, 0.5) is 4.39 Å².